The second-order valence-electron chi connectivity index (χ2n) is 6.26. The molecule has 6 nitrogen and oxygen atoms in total. The number of carbonyl (C=O) groups is 2. The molecule has 23 heavy (non-hydrogen) atoms. The molecule has 1 heterocycles. The van der Waals surface area contributed by atoms with Crippen molar-refractivity contribution < 1.29 is 19.4 Å². The van der Waals surface area contributed by atoms with E-state index in [1.165, 1.54) is 0 Å². The first kappa shape index (κ1) is 16.7. The number of amides is 1. The summed E-state index contributed by atoms with van der Waals surface area (Å²) in [6, 6.07) is 6.49. The van der Waals surface area contributed by atoms with Crippen LogP contribution in [0.15, 0.2) is 36.7 Å². The molecule has 2 N–H and O–H groups in total. The largest absolute Gasteiger partial charge is 0.480 e. The number of ether oxygens (including phenoxy) is 1. The molecule has 2 rings (SSSR count). The van der Waals surface area contributed by atoms with E-state index >= 15 is 0 Å². The quantitative estimate of drug-likeness (QED) is 0.905. The summed E-state index contributed by atoms with van der Waals surface area (Å²) >= 11 is 0. The molecule has 1 atom stereocenters. The first-order valence-electron chi connectivity index (χ1n) is 7.30. The van der Waals surface area contributed by atoms with Gasteiger partial charge in [-0.3, -0.25) is 4.98 Å². The smallest absolute Gasteiger partial charge is 0.408 e. The molecule has 0 radical (unpaired) electrons. The zero-order valence-electron chi connectivity index (χ0n) is 13.4. The molecule has 0 saturated heterocycles. The van der Waals surface area contributed by atoms with E-state index in [4.69, 9.17) is 4.74 Å². The van der Waals surface area contributed by atoms with E-state index in [1.54, 1.807) is 33.2 Å². The van der Waals surface area contributed by atoms with Crippen molar-refractivity contribution in [3.05, 3.63) is 42.2 Å². The number of benzene rings is 1. The molecule has 0 unspecified atom stereocenters. The third-order valence-electron chi connectivity index (χ3n) is 3.16. The van der Waals surface area contributed by atoms with E-state index in [9.17, 15) is 14.7 Å². The van der Waals surface area contributed by atoms with Crippen molar-refractivity contribution in [1.82, 2.24) is 10.3 Å². The highest BCUT2D eigenvalue weighted by Crippen LogP contribution is 2.18. The van der Waals surface area contributed by atoms with Crippen LogP contribution in [0.3, 0.4) is 0 Å². The molecule has 0 fully saturated rings. The van der Waals surface area contributed by atoms with Crippen LogP contribution in [0.4, 0.5) is 4.79 Å². The second kappa shape index (κ2) is 6.64. The summed E-state index contributed by atoms with van der Waals surface area (Å²) in [4.78, 5) is 27.4. The summed E-state index contributed by atoms with van der Waals surface area (Å²) in [6.07, 6.45) is 2.71. The highest BCUT2D eigenvalue weighted by molar-refractivity contribution is 5.86. The van der Waals surface area contributed by atoms with Gasteiger partial charge in [-0.25, -0.2) is 9.59 Å². The first-order valence-corrected chi connectivity index (χ1v) is 7.30. The van der Waals surface area contributed by atoms with Gasteiger partial charge in [-0.05, 0) is 31.7 Å². The molecule has 0 aliphatic rings. The average molecular weight is 316 g/mol. The molecule has 0 aliphatic carbocycles. The monoisotopic (exact) mass is 316 g/mol. The predicted molar refractivity (Wildman–Crippen MR) is 86.2 cm³/mol. The average Bonchev–Trinajstić information content (AvgIpc) is 2.44. The van der Waals surface area contributed by atoms with Crippen molar-refractivity contribution in [3.8, 4) is 0 Å². The second-order valence-corrected chi connectivity index (χ2v) is 6.26. The van der Waals surface area contributed by atoms with Gasteiger partial charge in [0.25, 0.3) is 0 Å². The van der Waals surface area contributed by atoms with E-state index in [-0.39, 0.29) is 6.42 Å². The van der Waals surface area contributed by atoms with Crippen molar-refractivity contribution in [2.45, 2.75) is 38.8 Å². The Hall–Kier alpha value is -2.63. The number of nitrogens with one attached hydrogen (secondary N) is 1. The number of carbonyl (C=O) groups excluding carboxylic acids is 1. The fourth-order valence-electron chi connectivity index (χ4n) is 2.21. The molecule has 0 saturated carbocycles. The van der Waals surface area contributed by atoms with Crippen LogP contribution in [0.5, 0.6) is 0 Å². The van der Waals surface area contributed by atoms with Crippen molar-refractivity contribution >= 4 is 22.8 Å². The fourth-order valence-corrected chi connectivity index (χ4v) is 2.21. The van der Waals surface area contributed by atoms with E-state index in [1.807, 2.05) is 24.3 Å². The molecule has 0 aliphatic heterocycles. The van der Waals surface area contributed by atoms with E-state index in [0.717, 1.165) is 16.3 Å². The van der Waals surface area contributed by atoms with Gasteiger partial charge in [0.1, 0.15) is 11.6 Å². The van der Waals surface area contributed by atoms with Crippen LogP contribution in [0.25, 0.3) is 10.8 Å². The van der Waals surface area contributed by atoms with Gasteiger partial charge in [0.15, 0.2) is 0 Å². The van der Waals surface area contributed by atoms with Crippen LogP contribution < -0.4 is 5.32 Å². The number of carboxylic acids is 1. The summed E-state index contributed by atoms with van der Waals surface area (Å²) in [5.41, 5.74) is 0.0697. The third kappa shape index (κ3) is 4.67. The zero-order valence-corrected chi connectivity index (χ0v) is 13.4. The number of pyridine rings is 1. The Morgan fingerprint density at radius 1 is 1.26 bits per heavy atom. The molecule has 122 valence electrons. The van der Waals surface area contributed by atoms with E-state index in [2.05, 4.69) is 10.3 Å². The Morgan fingerprint density at radius 3 is 2.61 bits per heavy atom. The van der Waals surface area contributed by atoms with E-state index < -0.39 is 23.7 Å². The molecule has 1 aromatic carbocycles. The lowest BCUT2D eigenvalue weighted by atomic mass is 10.0. The normalized spacial score (nSPS) is 12.7. The Labute approximate surface area is 134 Å². The summed E-state index contributed by atoms with van der Waals surface area (Å²) in [6.45, 7) is 5.16. The van der Waals surface area contributed by atoms with Gasteiger partial charge in [-0.1, -0.05) is 24.3 Å². The van der Waals surface area contributed by atoms with Crippen molar-refractivity contribution in [3.63, 3.8) is 0 Å². The standard InChI is InChI=1S/C17H20N2O4/c1-17(2,3)23-16(22)19-14(15(20)21)8-12-10-18-9-11-6-4-5-7-13(11)12/h4-7,9-10,14H,8H2,1-3H3,(H,19,22)(H,20,21)/t14-/m1/s1. The van der Waals surface area contributed by atoms with Crippen LogP contribution in [0.1, 0.15) is 26.3 Å². The summed E-state index contributed by atoms with van der Waals surface area (Å²) in [5, 5.41) is 13.6. The van der Waals surface area contributed by atoms with Gasteiger partial charge >= 0.3 is 12.1 Å². The molecule has 2 aromatic rings. The molecule has 0 bridgehead atoms. The number of aliphatic carboxylic acids is 1. The Bertz CT molecular complexity index is 717. The van der Waals surface area contributed by atoms with Crippen LogP contribution in [-0.4, -0.2) is 33.8 Å². The maximum atomic E-state index is 11.8. The van der Waals surface area contributed by atoms with Crippen LogP contribution in [0, 0.1) is 0 Å². The lowest BCUT2D eigenvalue weighted by Crippen LogP contribution is -2.44. The van der Waals surface area contributed by atoms with Gasteiger partial charge in [0.05, 0.1) is 0 Å². The SMILES string of the molecule is CC(C)(C)OC(=O)N[C@H](Cc1cncc2ccccc12)C(=O)O. The lowest BCUT2D eigenvalue weighted by Gasteiger charge is -2.22. The number of hydrogen-bond acceptors (Lipinski definition) is 4. The lowest BCUT2D eigenvalue weighted by molar-refractivity contribution is -0.139. The van der Waals surface area contributed by atoms with Crippen LogP contribution in [-0.2, 0) is 16.0 Å². The van der Waals surface area contributed by atoms with Gasteiger partial charge < -0.3 is 15.2 Å². The number of aromatic nitrogens is 1. The minimum Gasteiger partial charge on any atom is -0.480 e. The molecular weight excluding hydrogens is 296 g/mol. The van der Waals surface area contributed by atoms with Crippen LogP contribution >= 0.6 is 0 Å². The predicted octanol–water partition coefficient (Wildman–Crippen LogP) is 2.76. The fraction of sp³-hybridized carbons (Fsp3) is 0.353. The Balaban J connectivity index is 2.19. The molecule has 0 spiro atoms. The minimum atomic E-state index is -1.12. The first-order chi connectivity index (χ1) is 10.8. The number of alkyl carbamates (subject to hydrolysis) is 1. The third-order valence-corrected chi connectivity index (χ3v) is 3.16. The summed E-state index contributed by atoms with van der Waals surface area (Å²) < 4.78 is 5.11. The molecule has 1 amide bonds. The number of carboxylic acid groups (broad SMARTS) is 1. The van der Waals surface area contributed by atoms with E-state index in [0.29, 0.717) is 0 Å². The number of nitrogens with zero attached hydrogens (tertiary/aromatic N) is 1. The van der Waals surface area contributed by atoms with Crippen molar-refractivity contribution in [2.24, 2.45) is 0 Å². The van der Waals surface area contributed by atoms with Crippen molar-refractivity contribution in [2.75, 3.05) is 0 Å². The minimum absolute atomic E-state index is 0.128. The van der Waals surface area contributed by atoms with Crippen LogP contribution in [0.2, 0.25) is 0 Å². The highest BCUT2D eigenvalue weighted by atomic mass is 16.6. The summed E-state index contributed by atoms with van der Waals surface area (Å²) in [5.74, 6) is -1.12. The number of rotatable bonds is 4. The van der Waals surface area contributed by atoms with Crippen molar-refractivity contribution in [1.29, 1.82) is 0 Å². The number of fused-ring (bicyclic) bond motifs is 1. The topological polar surface area (TPSA) is 88.5 Å². The number of hydrogen-bond donors (Lipinski definition) is 2. The molecular formula is C17H20N2O4. The van der Waals surface area contributed by atoms with Gasteiger partial charge in [0, 0.05) is 24.2 Å². The Morgan fingerprint density at radius 2 is 1.96 bits per heavy atom. The maximum absolute atomic E-state index is 11.8. The molecule has 1 aromatic heterocycles. The zero-order chi connectivity index (χ0) is 17.0. The Kier molecular flexibility index (Phi) is 4.83. The highest BCUT2D eigenvalue weighted by Gasteiger charge is 2.24. The maximum Gasteiger partial charge on any atom is 0.408 e. The van der Waals surface area contributed by atoms with Gasteiger partial charge in [0.2, 0.25) is 0 Å². The van der Waals surface area contributed by atoms with Gasteiger partial charge in [-0.15, -0.1) is 0 Å². The summed E-state index contributed by atoms with van der Waals surface area (Å²) in [7, 11) is 0. The molecule has 6 heteroatoms. The van der Waals surface area contributed by atoms with Gasteiger partial charge in [-0.2, -0.15) is 0 Å².